The van der Waals surface area contributed by atoms with Crippen molar-refractivity contribution in [1.82, 2.24) is 4.90 Å². The predicted octanol–water partition coefficient (Wildman–Crippen LogP) is 11.7. The van der Waals surface area contributed by atoms with Crippen molar-refractivity contribution in [3.8, 4) is 28.6 Å². The molecular weight excluding hydrogens is 875 g/mol. The summed E-state index contributed by atoms with van der Waals surface area (Å²) in [6.45, 7) is 5.94. The van der Waals surface area contributed by atoms with Gasteiger partial charge in [0.25, 0.3) is 11.8 Å². The molecular formula is C47H49ClF3N3O9S. The highest BCUT2D eigenvalue weighted by Crippen LogP contribution is 2.45. The molecule has 2 amide bonds. The van der Waals surface area contributed by atoms with Gasteiger partial charge in [0.05, 0.1) is 28.6 Å². The summed E-state index contributed by atoms with van der Waals surface area (Å²) in [5.41, 5.74) is -5.18. The molecule has 0 saturated heterocycles. The Morgan fingerprint density at radius 2 is 1.56 bits per heavy atom. The third-order valence-corrected chi connectivity index (χ3v) is 12.5. The van der Waals surface area contributed by atoms with E-state index in [0.29, 0.717) is 35.0 Å². The smallest absolute Gasteiger partial charge is 0.494 e. The van der Waals surface area contributed by atoms with Crippen LogP contribution in [0.3, 0.4) is 0 Å². The normalized spacial score (nSPS) is 14.7. The summed E-state index contributed by atoms with van der Waals surface area (Å²) in [4.78, 5) is 45.3. The molecule has 1 unspecified atom stereocenters. The molecule has 64 heavy (non-hydrogen) atoms. The van der Waals surface area contributed by atoms with E-state index >= 15 is 4.79 Å². The van der Waals surface area contributed by atoms with E-state index in [1.54, 1.807) is 74.5 Å². The average Bonchev–Trinajstić information content (AvgIpc) is 3.89. The maximum absolute atomic E-state index is 15.4. The van der Waals surface area contributed by atoms with Crippen molar-refractivity contribution in [2.24, 2.45) is 0 Å². The van der Waals surface area contributed by atoms with Crippen molar-refractivity contribution in [3.63, 3.8) is 0 Å². The predicted molar refractivity (Wildman–Crippen MR) is 237 cm³/mol. The van der Waals surface area contributed by atoms with E-state index in [4.69, 9.17) is 30.2 Å². The molecule has 2 aliphatic heterocycles. The first-order chi connectivity index (χ1) is 30.5. The summed E-state index contributed by atoms with van der Waals surface area (Å²) in [6.07, 6.45) is 11.5. The van der Waals surface area contributed by atoms with Crippen LogP contribution in [0.2, 0.25) is 5.02 Å². The number of benzene rings is 4. The maximum atomic E-state index is 15.4. The summed E-state index contributed by atoms with van der Waals surface area (Å²) in [7, 11) is -5.85. The number of ketones is 1. The van der Waals surface area contributed by atoms with Gasteiger partial charge < -0.3 is 28.8 Å². The van der Waals surface area contributed by atoms with Gasteiger partial charge in [-0.25, -0.2) is 0 Å². The molecule has 2 N–H and O–H groups in total. The zero-order chi connectivity index (χ0) is 45.8. The number of furan rings is 1. The summed E-state index contributed by atoms with van der Waals surface area (Å²) < 4.78 is 89.6. The lowest BCUT2D eigenvalue weighted by molar-refractivity contribution is -0.119. The fourth-order valence-corrected chi connectivity index (χ4v) is 8.60. The Kier molecular flexibility index (Phi) is 13.8. The number of hydrogen-bond acceptors (Lipinski definition) is 9. The van der Waals surface area contributed by atoms with Gasteiger partial charge in [0.1, 0.15) is 17.1 Å². The van der Waals surface area contributed by atoms with Crippen LogP contribution >= 0.6 is 11.6 Å². The van der Waals surface area contributed by atoms with Crippen molar-refractivity contribution in [3.05, 3.63) is 101 Å². The summed E-state index contributed by atoms with van der Waals surface area (Å²) in [6, 6.07) is 17.6. The Bertz CT molecular complexity index is 2670. The number of alkyl halides is 3. The number of carbonyl (C=O) groups excluding carboxylic acids is 3. The Morgan fingerprint density at radius 3 is 2.27 bits per heavy atom. The summed E-state index contributed by atoms with van der Waals surface area (Å²) in [5.74, 6) is -2.27. The third kappa shape index (κ3) is 10.3. The molecule has 340 valence electrons. The Hall–Kier alpha value is -5.74. The molecule has 0 bridgehead atoms. The molecule has 0 aliphatic carbocycles. The van der Waals surface area contributed by atoms with Gasteiger partial charge >= 0.3 is 15.5 Å². The number of Topliss-reactive ketones (excluding diaryl/α,β-unsaturated/α-hetero) is 1. The highest BCUT2D eigenvalue weighted by Gasteiger charge is 2.47. The molecule has 7 rings (SSSR count). The number of hydrogen-bond donors (Lipinski definition) is 2. The van der Waals surface area contributed by atoms with Crippen LogP contribution in [0.25, 0.3) is 22.3 Å². The molecule has 5 aromatic rings. The highest BCUT2D eigenvalue weighted by molar-refractivity contribution is 7.93. The number of rotatable bonds is 20. The number of unbranched alkanes of at least 4 members (excludes halogenated alkanes) is 9. The van der Waals surface area contributed by atoms with Crippen molar-refractivity contribution >= 4 is 61.6 Å². The Balaban J connectivity index is 1.23. The minimum Gasteiger partial charge on any atom is -0.494 e. The number of nitrogens with one attached hydrogen (secondary N) is 2. The standard InChI is InChI=1S/C47H49ClF3N3O9S/c1-4-5-6-7-8-9-10-11-12-15-24-60-32-20-23-37-34(27-32)40(43(61-37)29-18-22-38-39(25-29)63-46(2,3)62-38)42(55)41(54-28-30-16-13-14-17-33(30)45(54)57)44(56)52-36-26-31(19-21-35(36)48)53-64(58,59)47(49,50)51/h13-14,16-23,25-27,41,53H,4-12,15,24,28H2,1-3H3,(H,52,56). The molecule has 4 aromatic carbocycles. The van der Waals surface area contributed by atoms with Gasteiger partial charge in [0.2, 0.25) is 5.79 Å². The van der Waals surface area contributed by atoms with Gasteiger partial charge in [0.15, 0.2) is 23.3 Å². The lowest BCUT2D eigenvalue weighted by atomic mass is 9.95. The van der Waals surface area contributed by atoms with Crippen LogP contribution in [-0.2, 0) is 21.4 Å². The fourth-order valence-electron chi connectivity index (χ4n) is 7.88. The van der Waals surface area contributed by atoms with Crippen LogP contribution in [-0.4, -0.2) is 54.9 Å². The Morgan fingerprint density at radius 1 is 0.875 bits per heavy atom. The molecule has 3 heterocycles. The molecule has 0 fully saturated rings. The summed E-state index contributed by atoms with van der Waals surface area (Å²) in [5, 5.41) is 2.55. The quantitative estimate of drug-likeness (QED) is 0.0441. The van der Waals surface area contributed by atoms with Gasteiger partial charge in [-0.05, 0) is 72.6 Å². The van der Waals surface area contributed by atoms with Gasteiger partial charge in [0, 0.05) is 36.9 Å². The molecule has 2 aliphatic rings. The molecule has 0 saturated carbocycles. The Labute approximate surface area is 374 Å². The monoisotopic (exact) mass is 923 g/mol. The number of carbonyl (C=O) groups is 3. The van der Waals surface area contributed by atoms with Crippen LogP contribution in [0.1, 0.15) is 111 Å². The average molecular weight is 924 g/mol. The molecule has 0 radical (unpaired) electrons. The van der Waals surface area contributed by atoms with Crippen LogP contribution in [0.4, 0.5) is 24.5 Å². The van der Waals surface area contributed by atoms with Gasteiger partial charge in [-0.15, -0.1) is 0 Å². The number of amides is 2. The number of nitrogens with zero attached hydrogens (tertiary/aromatic N) is 1. The van der Waals surface area contributed by atoms with E-state index in [0.717, 1.165) is 48.8 Å². The molecule has 0 spiro atoms. The number of anilines is 2. The first-order valence-electron chi connectivity index (χ1n) is 21.3. The molecule has 17 heteroatoms. The molecule has 1 atom stereocenters. The van der Waals surface area contributed by atoms with Crippen LogP contribution in [0.15, 0.2) is 83.3 Å². The third-order valence-electron chi connectivity index (χ3n) is 11.0. The number of halogens is 4. The van der Waals surface area contributed by atoms with E-state index in [1.165, 1.54) is 43.2 Å². The van der Waals surface area contributed by atoms with Crippen molar-refractivity contribution in [2.75, 3.05) is 16.6 Å². The van der Waals surface area contributed by atoms with E-state index in [1.807, 2.05) is 0 Å². The van der Waals surface area contributed by atoms with Crippen molar-refractivity contribution in [1.29, 1.82) is 0 Å². The van der Waals surface area contributed by atoms with E-state index in [9.17, 15) is 31.2 Å². The van der Waals surface area contributed by atoms with E-state index < -0.39 is 50.6 Å². The summed E-state index contributed by atoms with van der Waals surface area (Å²) >= 11 is 6.39. The highest BCUT2D eigenvalue weighted by atomic mass is 35.5. The lowest BCUT2D eigenvalue weighted by Crippen LogP contribution is -2.49. The molecule has 1 aromatic heterocycles. The first kappa shape index (κ1) is 46.3. The van der Waals surface area contributed by atoms with Gasteiger partial charge in [-0.2, -0.15) is 21.6 Å². The number of fused-ring (bicyclic) bond motifs is 3. The second-order valence-electron chi connectivity index (χ2n) is 16.4. The van der Waals surface area contributed by atoms with Crippen LogP contribution in [0, 0.1) is 0 Å². The SMILES string of the molecule is CCCCCCCCCCCCOc1ccc2oc(-c3ccc4c(c3)OC(C)(C)O4)c(C(=O)C(C(=O)Nc3cc(NS(=O)(=O)C(F)(F)F)ccc3Cl)N3Cc4ccccc4C3=O)c2c1. The zero-order valence-corrected chi connectivity index (χ0v) is 37.2. The largest absolute Gasteiger partial charge is 0.516 e. The number of sulfonamides is 1. The minimum absolute atomic E-state index is 0.0477. The first-order valence-corrected chi connectivity index (χ1v) is 23.2. The maximum Gasteiger partial charge on any atom is 0.516 e. The van der Waals surface area contributed by atoms with Gasteiger partial charge in [-0.1, -0.05) is 94.5 Å². The van der Waals surface area contributed by atoms with Crippen LogP contribution < -0.4 is 24.2 Å². The van der Waals surface area contributed by atoms with Crippen LogP contribution in [0.5, 0.6) is 17.2 Å². The second kappa shape index (κ2) is 19.2. The fraction of sp³-hybridized carbons (Fsp3) is 0.383. The van der Waals surface area contributed by atoms with Gasteiger partial charge in [-0.3, -0.25) is 19.1 Å². The molecule has 12 nitrogen and oxygen atoms in total. The lowest BCUT2D eigenvalue weighted by Gasteiger charge is -2.26. The van der Waals surface area contributed by atoms with E-state index in [2.05, 4.69) is 12.2 Å². The topological polar surface area (TPSA) is 153 Å². The number of ether oxygens (including phenoxy) is 3. The van der Waals surface area contributed by atoms with Crippen molar-refractivity contribution < 1.29 is 54.6 Å². The minimum atomic E-state index is -5.85. The van der Waals surface area contributed by atoms with Crippen molar-refractivity contribution in [2.45, 2.75) is 109 Å². The zero-order valence-electron chi connectivity index (χ0n) is 35.6. The second-order valence-corrected chi connectivity index (χ2v) is 18.4. The van der Waals surface area contributed by atoms with E-state index in [-0.39, 0.29) is 45.1 Å².